The van der Waals surface area contributed by atoms with Crippen molar-refractivity contribution in [3.63, 3.8) is 0 Å². The van der Waals surface area contributed by atoms with Crippen LogP contribution < -0.4 is 5.32 Å². The lowest BCUT2D eigenvalue weighted by atomic mass is 9.99. The number of carbonyl (C=O) groups excluding carboxylic acids is 1. The van der Waals surface area contributed by atoms with Gasteiger partial charge in [0.1, 0.15) is 0 Å². The normalized spacial score (nSPS) is 13.6. The molecule has 1 aliphatic carbocycles. The number of thiophene rings is 1. The number of aromatic nitrogens is 4. The van der Waals surface area contributed by atoms with Crippen LogP contribution in [0, 0.1) is 6.92 Å². The maximum absolute atomic E-state index is 13.1. The molecule has 8 heteroatoms. The number of pyridine rings is 1. The highest BCUT2D eigenvalue weighted by molar-refractivity contribution is 7.12. The average molecular weight is 407 g/mol. The summed E-state index contributed by atoms with van der Waals surface area (Å²) in [4.78, 5) is 20.3. The second-order valence-electron chi connectivity index (χ2n) is 7.46. The Balaban J connectivity index is 1.45. The van der Waals surface area contributed by atoms with Gasteiger partial charge in [-0.1, -0.05) is 5.16 Å². The Morgan fingerprint density at radius 1 is 1.31 bits per heavy atom. The number of carbonyl (C=O) groups is 1. The SMILES string of the molecule is Cc1noc2nc(-c3cnn(C)c3)cc(C(=O)NCc3cc4c(s3)CCCC4)c12. The quantitative estimate of drug-likeness (QED) is 0.556. The molecule has 4 aromatic rings. The molecule has 0 saturated heterocycles. The van der Waals surface area contributed by atoms with Crippen LogP contribution in [0.3, 0.4) is 0 Å². The fourth-order valence-electron chi connectivity index (χ4n) is 3.88. The van der Waals surface area contributed by atoms with E-state index in [1.165, 1.54) is 28.2 Å². The van der Waals surface area contributed by atoms with Crippen molar-refractivity contribution in [1.29, 1.82) is 0 Å². The lowest BCUT2D eigenvalue weighted by Gasteiger charge is -2.08. The van der Waals surface area contributed by atoms with Crippen LogP contribution in [0.1, 0.15) is 44.2 Å². The highest BCUT2D eigenvalue weighted by Crippen LogP contribution is 2.30. The monoisotopic (exact) mass is 407 g/mol. The molecule has 0 aliphatic heterocycles. The molecule has 1 aliphatic rings. The smallest absolute Gasteiger partial charge is 0.259 e. The molecular weight excluding hydrogens is 386 g/mol. The zero-order chi connectivity index (χ0) is 20.0. The third-order valence-electron chi connectivity index (χ3n) is 5.33. The van der Waals surface area contributed by atoms with Crippen LogP contribution in [-0.4, -0.2) is 25.8 Å². The third kappa shape index (κ3) is 3.33. The van der Waals surface area contributed by atoms with Gasteiger partial charge in [-0.3, -0.25) is 9.48 Å². The number of nitrogens with one attached hydrogen (secondary N) is 1. The van der Waals surface area contributed by atoms with Crippen LogP contribution in [0.4, 0.5) is 0 Å². The number of amides is 1. The van der Waals surface area contributed by atoms with Gasteiger partial charge >= 0.3 is 0 Å². The van der Waals surface area contributed by atoms with Crippen molar-refractivity contribution >= 4 is 28.3 Å². The summed E-state index contributed by atoms with van der Waals surface area (Å²) in [5.74, 6) is -0.153. The zero-order valence-corrected chi connectivity index (χ0v) is 17.2. The molecule has 7 nitrogen and oxygen atoms in total. The summed E-state index contributed by atoms with van der Waals surface area (Å²) in [6.07, 6.45) is 8.41. The van der Waals surface area contributed by atoms with E-state index in [1.807, 2.05) is 31.5 Å². The first kappa shape index (κ1) is 18.1. The topological polar surface area (TPSA) is 85.8 Å². The molecule has 0 aromatic carbocycles. The van der Waals surface area contributed by atoms with Gasteiger partial charge in [0.15, 0.2) is 0 Å². The Kier molecular flexibility index (Phi) is 4.43. The van der Waals surface area contributed by atoms with Crippen molar-refractivity contribution in [1.82, 2.24) is 25.2 Å². The van der Waals surface area contributed by atoms with E-state index < -0.39 is 0 Å². The molecule has 148 valence electrons. The van der Waals surface area contributed by atoms with Crippen LogP contribution >= 0.6 is 11.3 Å². The number of hydrogen-bond donors (Lipinski definition) is 1. The Morgan fingerprint density at radius 3 is 2.97 bits per heavy atom. The van der Waals surface area contributed by atoms with E-state index in [9.17, 15) is 4.79 Å². The van der Waals surface area contributed by atoms with E-state index in [-0.39, 0.29) is 5.91 Å². The molecule has 0 fully saturated rings. The van der Waals surface area contributed by atoms with Gasteiger partial charge in [0, 0.05) is 28.6 Å². The summed E-state index contributed by atoms with van der Waals surface area (Å²) < 4.78 is 7.06. The molecule has 1 amide bonds. The van der Waals surface area contributed by atoms with Gasteiger partial charge < -0.3 is 9.84 Å². The van der Waals surface area contributed by atoms with E-state index in [0.29, 0.717) is 34.6 Å². The first-order valence-corrected chi connectivity index (χ1v) is 10.5. The molecule has 5 rings (SSSR count). The largest absolute Gasteiger partial charge is 0.347 e. The van der Waals surface area contributed by atoms with Gasteiger partial charge in [0.2, 0.25) is 0 Å². The molecular formula is C21H21N5O2S. The van der Waals surface area contributed by atoms with E-state index in [0.717, 1.165) is 18.4 Å². The first-order chi connectivity index (χ1) is 14.1. The molecule has 0 atom stereocenters. The van der Waals surface area contributed by atoms with Gasteiger partial charge in [-0.15, -0.1) is 11.3 Å². The summed E-state index contributed by atoms with van der Waals surface area (Å²) in [6, 6.07) is 4.03. The maximum Gasteiger partial charge on any atom is 0.259 e. The highest BCUT2D eigenvalue weighted by atomic mass is 32.1. The Bertz CT molecular complexity index is 1200. The number of hydrogen-bond acceptors (Lipinski definition) is 6. The minimum absolute atomic E-state index is 0.153. The van der Waals surface area contributed by atoms with E-state index in [2.05, 4.69) is 26.6 Å². The van der Waals surface area contributed by atoms with Gasteiger partial charge in [0.25, 0.3) is 11.6 Å². The Morgan fingerprint density at radius 2 is 2.17 bits per heavy atom. The molecule has 1 N–H and O–H groups in total. The molecule has 0 saturated carbocycles. The van der Waals surface area contributed by atoms with Crippen molar-refractivity contribution in [2.24, 2.45) is 7.05 Å². The second kappa shape index (κ2) is 7.11. The van der Waals surface area contributed by atoms with Crippen molar-refractivity contribution < 1.29 is 9.32 Å². The average Bonchev–Trinajstić information content (AvgIpc) is 3.43. The molecule has 0 bridgehead atoms. The van der Waals surface area contributed by atoms with Gasteiger partial charge in [0.05, 0.1) is 35.1 Å². The molecule has 4 aromatic heterocycles. The Hall–Kier alpha value is -3.00. The molecule has 0 radical (unpaired) electrons. The van der Waals surface area contributed by atoms with E-state index in [4.69, 9.17) is 4.52 Å². The minimum atomic E-state index is -0.153. The van der Waals surface area contributed by atoms with Crippen LogP contribution in [0.25, 0.3) is 22.4 Å². The first-order valence-electron chi connectivity index (χ1n) is 9.73. The van der Waals surface area contributed by atoms with Crippen molar-refractivity contribution in [2.75, 3.05) is 0 Å². The summed E-state index contributed by atoms with van der Waals surface area (Å²) in [5, 5.41) is 11.9. The number of nitrogens with zero attached hydrogens (tertiary/aromatic N) is 4. The van der Waals surface area contributed by atoms with Crippen molar-refractivity contribution in [2.45, 2.75) is 39.2 Å². The molecule has 4 heterocycles. The fourth-order valence-corrected chi connectivity index (χ4v) is 5.08. The lowest BCUT2D eigenvalue weighted by molar-refractivity contribution is 0.0953. The summed E-state index contributed by atoms with van der Waals surface area (Å²) in [5.41, 5.74) is 4.45. The fraction of sp³-hybridized carbons (Fsp3) is 0.333. The van der Waals surface area contributed by atoms with Crippen LogP contribution in [0.2, 0.25) is 0 Å². The van der Waals surface area contributed by atoms with Crippen LogP contribution in [-0.2, 0) is 26.4 Å². The number of rotatable bonds is 4. The number of aryl methyl sites for hydroxylation is 4. The van der Waals surface area contributed by atoms with E-state index in [1.54, 1.807) is 16.9 Å². The Labute approximate surface area is 171 Å². The van der Waals surface area contributed by atoms with Crippen LogP contribution in [0.15, 0.2) is 29.0 Å². The lowest BCUT2D eigenvalue weighted by Crippen LogP contribution is -2.22. The molecule has 0 spiro atoms. The standard InChI is InChI=1S/C21H21N5O2S/c1-12-19-16(8-17(24-21(19)28-25-12)14-9-23-26(2)11-14)20(27)22-10-15-7-13-5-3-4-6-18(13)29-15/h7-9,11H,3-6,10H2,1-2H3,(H,22,27). The number of fused-ring (bicyclic) bond motifs is 2. The van der Waals surface area contributed by atoms with Gasteiger partial charge in [-0.2, -0.15) is 5.10 Å². The predicted octanol–water partition coefficient (Wildman–Crippen LogP) is 3.80. The molecule has 0 unspecified atom stereocenters. The second-order valence-corrected chi connectivity index (χ2v) is 8.68. The van der Waals surface area contributed by atoms with Gasteiger partial charge in [-0.25, -0.2) is 4.98 Å². The van der Waals surface area contributed by atoms with Crippen molar-refractivity contribution in [3.8, 4) is 11.3 Å². The summed E-state index contributed by atoms with van der Waals surface area (Å²) in [6.45, 7) is 2.34. The molecule has 29 heavy (non-hydrogen) atoms. The summed E-state index contributed by atoms with van der Waals surface area (Å²) in [7, 11) is 1.84. The zero-order valence-electron chi connectivity index (χ0n) is 16.4. The van der Waals surface area contributed by atoms with Crippen LogP contribution in [0.5, 0.6) is 0 Å². The minimum Gasteiger partial charge on any atom is -0.347 e. The highest BCUT2D eigenvalue weighted by Gasteiger charge is 2.20. The maximum atomic E-state index is 13.1. The van der Waals surface area contributed by atoms with Gasteiger partial charge in [-0.05, 0) is 50.3 Å². The predicted molar refractivity (Wildman–Crippen MR) is 111 cm³/mol. The third-order valence-corrected chi connectivity index (χ3v) is 6.57. The summed E-state index contributed by atoms with van der Waals surface area (Å²) >= 11 is 1.81. The van der Waals surface area contributed by atoms with Crippen molar-refractivity contribution in [3.05, 3.63) is 51.1 Å². The van der Waals surface area contributed by atoms with E-state index >= 15 is 0 Å².